The summed E-state index contributed by atoms with van der Waals surface area (Å²) in [5.41, 5.74) is 8.49. The Morgan fingerprint density at radius 2 is 2.19 bits per heavy atom. The molecule has 134 valence electrons. The van der Waals surface area contributed by atoms with Gasteiger partial charge in [-0.25, -0.2) is 4.98 Å². The molecule has 3 heterocycles. The minimum atomic E-state index is -0.289. The van der Waals surface area contributed by atoms with Crippen molar-refractivity contribution in [3.8, 4) is 28.3 Å². The van der Waals surface area contributed by atoms with Crippen LogP contribution in [0, 0.1) is 0 Å². The molecule has 26 heavy (non-hydrogen) atoms. The minimum absolute atomic E-state index is 0.0361. The van der Waals surface area contributed by atoms with Gasteiger partial charge in [0.1, 0.15) is 5.75 Å². The molecule has 1 aliphatic heterocycles. The number of nitrogens with zero attached hydrogens (tertiary/aromatic N) is 2. The monoisotopic (exact) mass is 351 g/mol. The van der Waals surface area contributed by atoms with Crippen LogP contribution in [0.2, 0.25) is 0 Å². The molecule has 0 saturated carbocycles. The maximum absolute atomic E-state index is 12.5. The van der Waals surface area contributed by atoms with Crippen molar-refractivity contribution < 1.29 is 5.11 Å². The van der Waals surface area contributed by atoms with Gasteiger partial charge in [0, 0.05) is 36.2 Å². The summed E-state index contributed by atoms with van der Waals surface area (Å²) in [6.45, 7) is 1.68. The fourth-order valence-corrected chi connectivity index (χ4v) is 3.42. The fourth-order valence-electron chi connectivity index (χ4n) is 3.42. The SMILES string of the molecule is Nc1nc(-c2cc(-c3ccc[nH]3)ccc2O)cn(C2CCCNC2)c1=O. The molecule has 0 amide bonds. The molecule has 3 aromatic rings. The molecule has 1 aliphatic rings. The van der Waals surface area contributed by atoms with E-state index in [4.69, 9.17) is 5.73 Å². The van der Waals surface area contributed by atoms with Gasteiger partial charge in [-0.05, 0) is 55.3 Å². The molecule has 1 fully saturated rings. The van der Waals surface area contributed by atoms with Crippen LogP contribution >= 0.6 is 0 Å². The van der Waals surface area contributed by atoms with Crippen molar-refractivity contribution in [2.75, 3.05) is 18.8 Å². The Morgan fingerprint density at radius 1 is 1.31 bits per heavy atom. The Balaban J connectivity index is 1.82. The predicted octanol–water partition coefficient (Wildman–Crippen LogP) is 2.12. The van der Waals surface area contributed by atoms with Gasteiger partial charge in [0.15, 0.2) is 5.82 Å². The molecule has 5 N–H and O–H groups in total. The Labute approximate surface area is 150 Å². The highest BCUT2D eigenvalue weighted by molar-refractivity contribution is 5.74. The predicted molar refractivity (Wildman–Crippen MR) is 101 cm³/mol. The van der Waals surface area contributed by atoms with Crippen LogP contribution in [0.4, 0.5) is 5.82 Å². The highest BCUT2D eigenvalue weighted by Crippen LogP contribution is 2.32. The van der Waals surface area contributed by atoms with Crippen LogP contribution in [-0.2, 0) is 0 Å². The number of hydrogen-bond acceptors (Lipinski definition) is 5. The van der Waals surface area contributed by atoms with Crippen LogP contribution in [0.5, 0.6) is 5.75 Å². The first-order chi connectivity index (χ1) is 12.6. The minimum Gasteiger partial charge on any atom is -0.507 e. The van der Waals surface area contributed by atoms with Crippen molar-refractivity contribution in [1.82, 2.24) is 19.9 Å². The molecule has 0 spiro atoms. The third-order valence-corrected chi connectivity index (χ3v) is 4.80. The lowest BCUT2D eigenvalue weighted by Crippen LogP contribution is -2.37. The zero-order valence-corrected chi connectivity index (χ0v) is 14.3. The smallest absolute Gasteiger partial charge is 0.293 e. The van der Waals surface area contributed by atoms with E-state index in [1.807, 2.05) is 30.5 Å². The molecule has 0 radical (unpaired) electrons. The molecule has 0 aliphatic carbocycles. The summed E-state index contributed by atoms with van der Waals surface area (Å²) in [5.74, 6) is 0.0388. The van der Waals surface area contributed by atoms with Crippen LogP contribution < -0.4 is 16.6 Å². The number of aromatic amines is 1. The summed E-state index contributed by atoms with van der Waals surface area (Å²) in [6.07, 6.45) is 5.45. The van der Waals surface area contributed by atoms with E-state index in [1.165, 1.54) is 0 Å². The van der Waals surface area contributed by atoms with Gasteiger partial charge in [0.2, 0.25) is 0 Å². The number of phenols is 1. The van der Waals surface area contributed by atoms with Gasteiger partial charge in [-0.3, -0.25) is 4.79 Å². The number of phenolic OH excluding ortho intramolecular Hbond substituents is 1. The molecule has 7 heteroatoms. The van der Waals surface area contributed by atoms with E-state index in [1.54, 1.807) is 16.8 Å². The summed E-state index contributed by atoms with van der Waals surface area (Å²) in [6, 6.07) is 9.20. The second-order valence-corrected chi connectivity index (χ2v) is 6.54. The number of hydrogen-bond donors (Lipinski definition) is 4. The van der Waals surface area contributed by atoms with E-state index in [2.05, 4.69) is 15.3 Å². The number of anilines is 1. The Hall–Kier alpha value is -3.06. The zero-order chi connectivity index (χ0) is 18.1. The van der Waals surface area contributed by atoms with Gasteiger partial charge in [0.05, 0.1) is 5.69 Å². The molecule has 1 aromatic carbocycles. The normalized spacial score (nSPS) is 17.3. The number of H-pyrrole nitrogens is 1. The first-order valence-corrected chi connectivity index (χ1v) is 8.70. The highest BCUT2D eigenvalue weighted by atomic mass is 16.3. The van der Waals surface area contributed by atoms with Crippen LogP contribution in [0.15, 0.2) is 47.5 Å². The number of aromatic hydroxyl groups is 1. The maximum atomic E-state index is 12.5. The third-order valence-electron chi connectivity index (χ3n) is 4.80. The van der Waals surface area contributed by atoms with Crippen LogP contribution in [0.25, 0.3) is 22.5 Å². The number of rotatable bonds is 3. The van der Waals surface area contributed by atoms with Crippen LogP contribution in [-0.4, -0.2) is 32.7 Å². The van der Waals surface area contributed by atoms with E-state index < -0.39 is 0 Å². The standard InChI is InChI=1S/C19H21N5O2/c20-18-19(26)24(13-3-1-7-21-10-13)11-16(23-18)14-9-12(5-6-17(14)25)15-4-2-8-22-15/h2,4-6,8-9,11,13,21-22,25H,1,3,7,10H2,(H2,20,23). The van der Waals surface area contributed by atoms with Crippen molar-refractivity contribution in [2.24, 2.45) is 0 Å². The summed E-state index contributed by atoms with van der Waals surface area (Å²) in [4.78, 5) is 19.9. The van der Waals surface area contributed by atoms with E-state index in [9.17, 15) is 9.90 Å². The zero-order valence-electron chi connectivity index (χ0n) is 14.3. The highest BCUT2D eigenvalue weighted by Gasteiger charge is 2.19. The van der Waals surface area contributed by atoms with E-state index in [0.29, 0.717) is 11.3 Å². The number of nitrogens with one attached hydrogen (secondary N) is 2. The third kappa shape index (κ3) is 2.97. The Morgan fingerprint density at radius 3 is 2.92 bits per heavy atom. The molecule has 1 saturated heterocycles. The lowest BCUT2D eigenvalue weighted by atomic mass is 10.0. The second kappa shape index (κ2) is 6.68. The molecule has 1 atom stereocenters. The van der Waals surface area contributed by atoms with E-state index >= 15 is 0 Å². The van der Waals surface area contributed by atoms with Crippen molar-refractivity contribution >= 4 is 5.82 Å². The molecule has 7 nitrogen and oxygen atoms in total. The molecule has 2 aromatic heterocycles. The van der Waals surface area contributed by atoms with Gasteiger partial charge >= 0.3 is 0 Å². The topological polar surface area (TPSA) is 109 Å². The average Bonchev–Trinajstić information content (AvgIpc) is 3.20. The van der Waals surface area contributed by atoms with Crippen molar-refractivity contribution in [2.45, 2.75) is 18.9 Å². The van der Waals surface area contributed by atoms with Gasteiger partial charge in [0.25, 0.3) is 5.56 Å². The number of piperidine rings is 1. The fraction of sp³-hybridized carbons (Fsp3) is 0.263. The van der Waals surface area contributed by atoms with E-state index in [-0.39, 0.29) is 23.2 Å². The number of benzene rings is 1. The quantitative estimate of drug-likeness (QED) is 0.578. The average molecular weight is 351 g/mol. The van der Waals surface area contributed by atoms with Crippen molar-refractivity contribution in [3.63, 3.8) is 0 Å². The lowest BCUT2D eigenvalue weighted by molar-refractivity contribution is 0.364. The maximum Gasteiger partial charge on any atom is 0.293 e. The van der Waals surface area contributed by atoms with Crippen LogP contribution in [0.3, 0.4) is 0 Å². The van der Waals surface area contributed by atoms with E-state index in [0.717, 1.165) is 37.2 Å². The lowest BCUT2D eigenvalue weighted by Gasteiger charge is -2.25. The summed E-state index contributed by atoms with van der Waals surface area (Å²) >= 11 is 0. The van der Waals surface area contributed by atoms with Gasteiger partial charge in [-0.15, -0.1) is 0 Å². The first kappa shape index (κ1) is 16.4. The summed E-state index contributed by atoms with van der Waals surface area (Å²) in [5, 5.41) is 13.7. The van der Waals surface area contributed by atoms with Gasteiger partial charge < -0.3 is 25.7 Å². The number of nitrogens with two attached hydrogens (primary N) is 1. The van der Waals surface area contributed by atoms with Crippen molar-refractivity contribution in [3.05, 3.63) is 53.1 Å². The van der Waals surface area contributed by atoms with Gasteiger partial charge in [-0.2, -0.15) is 0 Å². The first-order valence-electron chi connectivity index (χ1n) is 8.70. The Bertz CT molecular complexity index is 972. The molecule has 1 unspecified atom stereocenters. The Kier molecular flexibility index (Phi) is 4.22. The number of nitrogen functional groups attached to an aromatic ring is 1. The molecule has 0 bridgehead atoms. The van der Waals surface area contributed by atoms with Gasteiger partial charge in [-0.1, -0.05) is 0 Å². The van der Waals surface area contributed by atoms with Crippen LogP contribution in [0.1, 0.15) is 18.9 Å². The summed E-state index contributed by atoms with van der Waals surface area (Å²) < 4.78 is 1.64. The molecule has 4 rings (SSSR count). The molecular formula is C19H21N5O2. The number of aromatic nitrogens is 3. The largest absolute Gasteiger partial charge is 0.507 e. The molecular weight excluding hydrogens is 330 g/mol. The second-order valence-electron chi connectivity index (χ2n) is 6.54. The summed E-state index contributed by atoms with van der Waals surface area (Å²) in [7, 11) is 0. The van der Waals surface area contributed by atoms with Crippen molar-refractivity contribution in [1.29, 1.82) is 0 Å².